The summed E-state index contributed by atoms with van der Waals surface area (Å²) in [6, 6.07) is 6.88. The lowest BCUT2D eigenvalue weighted by Crippen LogP contribution is -2.51. The molecule has 4 atom stereocenters. The molecule has 0 amide bonds. The monoisotopic (exact) mass is 571 g/mol. The van der Waals surface area contributed by atoms with Crippen molar-refractivity contribution in [1.29, 1.82) is 0 Å². The van der Waals surface area contributed by atoms with E-state index in [1.54, 1.807) is 12.1 Å². The van der Waals surface area contributed by atoms with Crippen LogP contribution in [0.15, 0.2) is 24.3 Å². The second-order valence-corrected chi connectivity index (χ2v) is 12.2. The van der Waals surface area contributed by atoms with Crippen molar-refractivity contribution in [3.63, 3.8) is 0 Å². The van der Waals surface area contributed by atoms with Crippen LogP contribution in [0.5, 0.6) is 11.8 Å². The number of anilines is 1. The van der Waals surface area contributed by atoms with Gasteiger partial charge in [-0.25, -0.2) is 13.8 Å². The van der Waals surface area contributed by atoms with E-state index in [4.69, 9.17) is 21.1 Å². The minimum absolute atomic E-state index is 0.00431. The Balaban J connectivity index is 1.24. The van der Waals surface area contributed by atoms with Gasteiger partial charge >= 0.3 is 6.01 Å². The van der Waals surface area contributed by atoms with Crippen LogP contribution >= 0.6 is 0 Å². The van der Waals surface area contributed by atoms with Crippen molar-refractivity contribution in [2.24, 2.45) is 0 Å². The van der Waals surface area contributed by atoms with E-state index in [1.807, 2.05) is 0 Å². The van der Waals surface area contributed by atoms with Gasteiger partial charge in [-0.3, -0.25) is 4.90 Å². The Hall–Kier alpha value is -4.01. The number of terminal acetylenes is 1. The standard InChI is InChI=1S/C31H31F2N7O2/c1-2-22-24(33)7-4-17-10-21(41)11-23(25(17)22)27-35-26-28(36-27)37-30(38-29(26)39-14-19-5-6-20(15-39)34-19)42-16-31-8-3-9-40(31)13-18(32)12-31/h1,4,7,10-11,18-20,34,41H,3,5-6,8-9,12-16H2,(H,35,36,37,38)/t18-,19?,20?,31+/m1/s1. The second kappa shape index (κ2) is 9.51. The highest BCUT2D eigenvalue weighted by molar-refractivity contribution is 6.02. The average Bonchev–Trinajstić information content (AvgIpc) is 3.73. The fraction of sp³-hybridized carbons (Fsp3) is 0.452. The Labute approximate surface area is 241 Å². The number of nitrogens with zero attached hydrogens (tertiary/aromatic N) is 5. The Bertz CT molecular complexity index is 1760. The number of phenolic OH excluding ortho intramolecular Hbond substituents is 1. The molecule has 4 saturated heterocycles. The first-order valence-corrected chi connectivity index (χ1v) is 14.6. The van der Waals surface area contributed by atoms with Crippen LogP contribution in [-0.2, 0) is 0 Å². The predicted octanol–water partition coefficient (Wildman–Crippen LogP) is 3.89. The Morgan fingerprint density at radius 2 is 1.98 bits per heavy atom. The number of halogens is 2. The fourth-order valence-electron chi connectivity index (χ4n) is 7.65. The molecule has 4 fully saturated rings. The number of H-pyrrole nitrogens is 1. The number of hydrogen-bond acceptors (Lipinski definition) is 8. The maximum absolute atomic E-state index is 14.8. The molecule has 2 aromatic heterocycles. The molecule has 0 saturated carbocycles. The summed E-state index contributed by atoms with van der Waals surface area (Å²) in [5.41, 5.74) is 1.24. The number of imidazole rings is 1. The third kappa shape index (κ3) is 4.07. The van der Waals surface area contributed by atoms with Gasteiger partial charge < -0.3 is 25.0 Å². The summed E-state index contributed by atoms with van der Waals surface area (Å²) in [7, 11) is 0. The van der Waals surface area contributed by atoms with E-state index in [1.165, 1.54) is 12.1 Å². The molecule has 4 aromatic rings. The molecule has 2 unspecified atom stereocenters. The van der Waals surface area contributed by atoms with Crippen molar-refractivity contribution in [1.82, 2.24) is 30.2 Å². The van der Waals surface area contributed by atoms with Gasteiger partial charge in [-0.2, -0.15) is 9.97 Å². The van der Waals surface area contributed by atoms with Crippen LogP contribution in [0.25, 0.3) is 33.3 Å². The maximum atomic E-state index is 14.8. The van der Waals surface area contributed by atoms with Crippen LogP contribution in [0.1, 0.15) is 37.7 Å². The smallest absolute Gasteiger partial charge is 0.320 e. The van der Waals surface area contributed by atoms with E-state index in [0.29, 0.717) is 70.8 Å². The van der Waals surface area contributed by atoms with Gasteiger partial charge in [0.25, 0.3) is 0 Å². The highest BCUT2D eigenvalue weighted by atomic mass is 19.1. The van der Waals surface area contributed by atoms with Crippen molar-refractivity contribution in [2.45, 2.75) is 55.9 Å². The second-order valence-electron chi connectivity index (χ2n) is 12.2. The minimum atomic E-state index is -0.854. The average molecular weight is 572 g/mol. The van der Waals surface area contributed by atoms with Gasteiger partial charge in [0.05, 0.1) is 11.1 Å². The van der Waals surface area contributed by atoms with E-state index in [2.05, 4.69) is 31.0 Å². The van der Waals surface area contributed by atoms with Crippen LogP contribution in [0.2, 0.25) is 0 Å². The van der Waals surface area contributed by atoms with Gasteiger partial charge in [0.1, 0.15) is 35.7 Å². The van der Waals surface area contributed by atoms with Gasteiger partial charge in [0, 0.05) is 49.1 Å². The summed E-state index contributed by atoms with van der Waals surface area (Å²) in [5.74, 6) is 3.00. The molecule has 9 nitrogen and oxygen atoms in total. The molecule has 2 bridgehead atoms. The Morgan fingerprint density at radius 3 is 2.79 bits per heavy atom. The van der Waals surface area contributed by atoms with E-state index in [-0.39, 0.29) is 22.9 Å². The van der Waals surface area contributed by atoms with Gasteiger partial charge in [-0.05, 0) is 55.8 Å². The van der Waals surface area contributed by atoms with Crippen LogP contribution in [0.4, 0.5) is 14.6 Å². The van der Waals surface area contributed by atoms with Crippen LogP contribution in [0.3, 0.4) is 0 Å². The molecule has 8 rings (SSSR count). The molecule has 3 N–H and O–H groups in total. The van der Waals surface area contributed by atoms with E-state index in [9.17, 15) is 13.9 Å². The van der Waals surface area contributed by atoms with E-state index >= 15 is 0 Å². The highest BCUT2D eigenvalue weighted by Gasteiger charge is 2.49. The minimum Gasteiger partial charge on any atom is -0.508 e. The Morgan fingerprint density at radius 1 is 1.14 bits per heavy atom. The zero-order chi connectivity index (χ0) is 28.6. The largest absolute Gasteiger partial charge is 0.508 e. The van der Waals surface area contributed by atoms with Crippen molar-refractivity contribution >= 4 is 27.8 Å². The zero-order valence-corrected chi connectivity index (χ0v) is 23.0. The molecule has 6 heterocycles. The number of rotatable bonds is 5. The summed E-state index contributed by atoms with van der Waals surface area (Å²) in [6.45, 7) is 3.18. The molecular formula is C31H31F2N7O2. The van der Waals surface area contributed by atoms with Crippen LogP contribution in [-0.4, -0.2) is 86.5 Å². The van der Waals surface area contributed by atoms with Crippen LogP contribution in [0, 0.1) is 18.2 Å². The molecule has 4 aliphatic heterocycles. The van der Waals surface area contributed by atoms with Gasteiger partial charge in [0.15, 0.2) is 11.5 Å². The van der Waals surface area contributed by atoms with Crippen molar-refractivity contribution in [2.75, 3.05) is 37.7 Å². The van der Waals surface area contributed by atoms with Gasteiger partial charge in [-0.1, -0.05) is 12.0 Å². The SMILES string of the molecule is C#Cc1c(F)ccc2cc(O)cc(-c3nc4nc(OC[C@@]56CCCN5C[C@H](F)C6)nc(N5CC6CCC(C5)N6)c4[nH]3)c12. The number of aromatic hydroxyl groups is 1. The summed E-state index contributed by atoms with van der Waals surface area (Å²) in [5, 5.41) is 15.3. The lowest BCUT2D eigenvalue weighted by molar-refractivity contribution is 0.107. The zero-order valence-electron chi connectivity index (χ0n) is 23.0. The summed E-state index contributed by atoms with van der Waals surface area (Å²) in [4.78, 5) is 22.2. The van der Waals surface area contributed by atoms with E-state index in [0.717, 1.165) is 45.3 Å². The number of ether oxygens (including phenoxy) is 1. The number of hydrogen-bond donors (Lipinski definition) is 3. The molecule has 216 valence electrons. The van der Waals surface area contributed by atoms with Gasteiger partial charge in [0.2, 0.25) is 0 Å². The number of piperazine rings is 1. The van der Waals surface area contributed by atoms with Crippen LogP contribution < -0.4 is 15.0 Å². The first-order valence-electron chi connectivity index (χ1n) is 14.6. The highest BCUT2D eigenvalue weighted by Crippen LogP contribution is 2.41. The number of aromatic nitrogens is 4. The maximum Gasteiger partial charge on any atom is 0.320 e. The molecule has 11 heteroatoms. The number of nitrogens with one attached hydrogen (secondary N) is 2. The topological polar surface area (TPSA) is 102 Å². The number of alkyl halides is 1. The summed E-state index contributed by atoms with van der Waals surface area (Å²) >= 11 is 0. The summed E-state index contributed by atoms with van der Waals surface area (Å²) < 4.78 is 35.4. The van der Waals surface area contributed by atoms with E-state index < -0.39 is 12.0 Å². The Kier molecular flexibility index (Phi) is 5.81. The fourth-order valence-corrected chi connectivity index (χ4v) is 7.65. The van der Waals surface area contributed by atoms with Crippen molar-refractivity contribution in [3.8, 4) is 35.5 Å². The quantitative estimate of drug-likeness (QED) is 0.310. The third-order valence-electron chi connectivity index (χ3n) is 9.51. The molecule has 0 aliphatic carbocycles. The molecular weight excluding hydrogens is 540 g/mol. The van der Waals surface area contributed by atoms with Gasteiger partial charge in [-0.15, -0.1) is 6.42 Å². The third-order valence-corrected chi connectivity index (χ3v) is 9.51. The molecule has 4 aliphatic rings. The van der Waals surface area contributed by atoms with Crippen molar-refractivity contribution in [3.05, 3.63) is 35.6 Å². The normalized spacial score (nSPS) is 27.2. The lowest BCUT2D eigenvalue weighted by atomic mass is 9.95. The molecule has 0 spiro atoms. The predicted molar refractivity (Wildman–Crippen MR) is 155 cm³/mol. The summed E-state index contributed by atoms with van der Waals surface area (Å²) in [6.07, 6.45) is 9.43. The molecule has 42 heavy (non-hydrogen) atoms. The van der Waals surface area contributed by atoms with Crippen molar-refractivity contribution < 1.29 is 18.6 Å². The first kappa shape index (κ1) is 25.7. The molecule has 2 aromatic carbocycles. The number of benzene rings is 2. The lowest BCUT2D eigenvalue weighted by Gasteiger charge is -2.34. The molecule has 0 radical (unpaired) electrons. The number of aromatic amines is 1. The first-order chi connectivity index (χ1) is 20.4. The number of fused-ring (bicyclic) bond motifs is 5. The number of phenols is 1.